The number of nitrogens with two attached hydrogens (primary N) is 1. The molecule has 0 unspecified atom stereocenters. The molecule has 2 aromatic carbocycles. The zero-order valence-electron chi connectivity index (χ0n) is 14.7. The lowest BCUT2D eigenvalue weighted by atomic mass is 10.1. The summed E-state index contributed by atoms with van der Waals surface area (Å²) >= 11 is 7.42. The van der Waals surface area contributed by atoms with E-state index in [1.807, 2.05) is 6.26 Å². The highest BCUT2D eigenvalue weighted by Crippen LogP contribution is 2.13. The maximum atomic E-state index is 12.6. The molecule has 0 saturated carbocycles. The predicted molar refractivity (Wildman–Crippen MR) is 109 cm³/mol. The molecular formula is C19H20ClN3O3S. The summed E-state index contributed by atoms with van der Waals surface area (Å²) in [5.74, 6) is -0.518. The van der Waals surface area contributed by atoms with E-state index in [4.69, 9.17) is 17.3 Å². The van der Waals surface area contributed by atoms with Crippen LogP contribution in [0.2, 0.25) is 5.02 Å². The van der Waals surface area contributed by atoms with Gasteiger partial charge in [-0.05, 0) is 67.0 Å². The van der Waals surface area contributed by atoms with Crippen molar-refractivity contribution in [2.45, 2.75) is 12.5 Å². The quantitative estimate of drug-likeness (QED) is 0.628. The minimum Gasteiger partial charge on any atom is -0.366 e. The van der Waals surface area contributed by atoms with Crippen LogP contribution in [0.25, 0.3) is 0 Å². The minimum absolute atomic E-state index is 0.335. The topological polar surface area (TPSA) is 101 Å². The van der Waals surface area contributed by atoms with E-state index in [0.29, 0.717) is 34.0 Å². The maximum Gasteiger partial charge on any atom is 0.251 e. The Morgan fingerprint density at radius 2 is 1.63 bits per heavy atom. The molecule has 0 aliphatic carbocycles. The van der Waals surface area contributed by atoms with Crippen LogP contribution in [0.5, 0.6) is 0 Å². The molecule has 0 bridgehead atoms. The van der Waals surface area contributed by atoms with Gasteiger partial charge in [0.2, 0.25) is 11.8 Å². The maximum absolute atomic E-state index is 12.6. The van der Waals surface area contributed by atoms with Crippen molar-refractivity contribution in [3.05, 3.63) is 64.7 Å². The molecule has 8 heteroatoms. The van der Waals surface area contributed by atoms with Gasteiger partial charge >= 0.3 is 0 Å². The van der Waals surface area contributed by atoms with E-state index in [2.05, 4.69) is 10.6 Å². The van der Waals surface area contributed by atoms with Gasteiger partial charge in [-0.25, -0.2) is 0 Å². The average Bonchev–Trinajstić information content (AvgIpc) is 2.65. The lowest BCUT2D eigenvalue weighted by Gasteiger charge is -2.18. The molecule has 2 aromatic rings. The Hall–Kier alpha value is -2.51. The van der Waals surface area contributed by atoms with Gasteiger partial charge in [0, 0.05) is 21.8 Å². The first-order valence-electron chi connectivity index (χ1n) is 8.17. The van der Waals surface area contributed by atoms with Crippen LogP contribution >= 0.6 is 23.4 Å². The van der Waals surface area contributed by atoms with Crippen molar-refractivity contribution in [1.82, 2.24) is 5.32 Å². The zero-order chi connectivity index (χ0) is 19.8. The van der Waals surface area contributed by atoms with Gasteiger partial charge in [-0.1, -0.05) is 11.6 Å². The fourth-order valence-corrected chi connectivity index (χ4v) is 2.89. The molecule has 0 spiro atoms. The third-order valence-corrected chi connectivity index (χ3v) is 4.67. The van der Waals surface area contributed by atoms with E-state index in [-0.39, 0.29) is 11.8 Å². The summed E-state index contributed by atoms with van der Waals surface area (Å²) in [6, 6.07) is 12.0. The molecule has 0 saturated heterocycles. The third-order valence-electron chi connectivity index (χ3n) is 3.78. The average molecular weight is 406 g/mol. The largest absolute Gasteiger partial charge is 0.366 e. The Morgan fingerprint density at radius 3 is 2.19 bits per heavy atom. The Labute approximate surface area is 166 Å². The van der Waals surface area contributed by atoms with Gasteiger partial charge in [0.15, 0.2) is 0 Å². The Morgan fingerprint density at radius 1 is 1.04 bits per heavy atom. The molecule has 0 radical (unpaired) electrons. The highest BCUT2D eigenvalue weighted by atomic mass is 35.5. The van der Waals surface area contributed by atoms with Crippen molar-refractivity contribution in [3.63, 3.8) is 0 Å². The Kier molecular flexibility index (Phi) is 7.69. The number of hydrogen-bond donors (Lipinski definition) is 3. The molecule has 0 fully saturated rings. The molecular weight excluding hydrogens is 386 g/mol. The number of carbonyl (C=O) groups excluding carboxylic acids is 3. The SMILES string of the molecule is CSCC[C@H](NC(=O)c1ccc(Cl)cc1)C(=O)Nc1ccc(C(N)=O)cc1. The molecule has 0 aliphatic heterocycles. The van der Waals surface area contributed by atoms with Crippen molar-refractivity contribution >= 4 is 46.8 Å². The number of hydrogen-bond acceptors (Lipinski definition) is 4. The molecule has 4 N–H and O–H groups in total. The summed E-state index contributed by atoms with van der Waals surface area (Å²) < 4.78 is 0. The number of anilines is 1. The number of primary amides is 1. The normalized spacial score (nSPS) is 11.5. The molecule has 3 amide bonds. The van der Waals surface area contributed by atoms with Crippen molar-refractivity contribution in [2.24, 2.45) is 5.73 Å². The van der Waals surface area contributed by atoms with Crippen LogP contribution in [-0.4, -0.2) is 35.8 Å². The van der Waals surface area contributed by atoms with Gasteiger partial charge in [0.1, 0.15) is 6.04 Å². The first-order valence-corrected chi connectivity index (χ1v) is 9.94. The van der Waals surface area contributed by atoms with Crippen molar-refractivity contribution in [1.29, 1.82) is 0 Å². The number of carbonyl (C=O) groups is 3. The second-order valence-electron chi connectivity index (χ2n) is 5.75. The van der Waals surface area contributed by atoms with Gasteiger partial charge in [0.25, 0.3) is 5.91 Å². The van der Waals surface area contributed by atoms with Crippen LogP contribution in [0.1, 0.15) is 27.1 Å². The third kappa shape index (κ3) is 6.30. The van der Waals surface area contributed by atoms with Crippen LogP contribution in [0, 0.1) is 0 Å². The minimum atomic E-state index is -0.698. The fourth-order valence-electron chi connectivity index (χ4n) is 2.29. The number of rotatable bonds is 8. The van der Waals surface area contributed by atoms with E-state index in [9.17, 15) is 14.4 Å². The van der Waals surface area contributed by atoms with Gasteiger partial charge in [0.05, 0.1) is 0 Å². The lowest BCUT2D eigenvalue weighted by Crippen LogP contribution is -2.44. The Balaban J connectivity index is 2.07. The summed E-state index contributed by atoms with van der Waals surface area (Å²) in [5, 5.41) is 6.03. The number of benzene rings is 2. The van der Waals surface area contributed by atoms with E-state index in [1.54, 1.807) is 48.2 Å². The van der Waals surface area contributed by atoms with E-state index in [1.165, 1.54) is 12.1 Å². The van der Waals surface area contributed by atoms with Gasteiger partial charge in [-0.3, -0.25) is 14.4 Å². The molecule has 0 heterocycles. The number of thioether (sulfide) groups is 1. The summed E-state index contributed by atoms with van der Waals surface area (Å²) in [6.07, 6.45) is 2.41. The van der Waals surface area contributed by atoms with Crippen LogP contribution < -0.4 is 16.4 Å². The molecule has 0 aliphatic rings. The number of amides is 3. The van der Waals surface area contributed by atoms with Crippen LogP contribution in [0.3, 0.4) is 0 Å². The highest BCUT2D eigenvalue weighted by Gasteiger charge is 2.21. The molecule has 1 atom stereocenters. The molecule has 27 heavy (non-hydrogen) atoms. The second-order valence-corrected chi connectivity index (χ2v) is 7.17. The molecule has 6 nitrogen and oxygen atoms in total. The monoisotopic (exact) mass is 405 g/mol. The van der Waals surface area contributed by atoms with Crippen LogP contribution in [-0.2, 0) is 4.79 Å². The number of halogens is 1. The first kappa shape index (κ1) is 20.8. The highest BCUT2D eigenvalue weighted by molar-refractivity contribution is 7.98. The number of nitrogens with one attached hydrogen (secondary N) is 2. The van der Waals surface area contributed by atoms with Crippen LogP contribution in [0.15, 0.2) is 48.5 Å². The van der Waals surface area contributed by atoms with Gasteiger partial charge in [-0.2, -0.15) is 11.8 Å². The van der Waals surface area contributed by atoms with Crippen LogP contribution in [0.4, 0.5) is 5.69 Å². The first-order chi connectivity index (χ1) is 12.9. The standard InChI is InChI=1S/C19H20ClN3O3S/c1-27-11-10-16(23-18(25)13-2-6-14(20)7-3-13)19(26)22-15-8-4-12(5-9-15)17(21)24/h2-9,16H,10-11H2,1H3,(H2,21,24)(H,22,26)(H,23,25)/t16-/m0/s1. The van der Waals surface area contributed by atoms with Crippen molar-refractivity contribution < 1.29 is 14.4 Å². The van der Waals surface area contributed by atoms with E-state index in [0.717, 1.165) is 0 Å². The second kappa shape index (κ2) is 9.99. The predicted octanol–water partition coefficient (Wildman–Crippen LogP) is 2.93. The van der Waals surface area contributed by atoms with Crippen molar-refractivity contribution in [3.8, 4) is 0 Å². The smallest absolute Gasteiger partial charge is 0.251 e. The van der Waals surface area contributed by atoms with Gasteiger partial charge in [-0.15, -0.1) is 0 Å². The lowest BCUT2D eigenvalue weighted by molar-refractivity contribution is -0.118. The Bertz CT molecular complexity index is 810. The van der Waals surface area contributed by atoms with Gasteiger partial charge < -0.3 is 16.4 Å². The fraction of sp³-hybridized carbons (Fsp3) is 0.211. The molecule has 0 aromatic heterocycles. The summed E-state index contributed by atoms with van der Waals surface area (Å²) in [5.41, 5.74) is 6.49. The zero-order valence-corrected chi connectivity index (χ0v) is 16.3. The molecule has 2 rings (SSSR count). The van der Waals surface area contributed by atoms with E-state index >= 15 is 0 Å². The summed E-state index contributed by atoms with van der Waals surface area (Å²) in [6.45, 7) is 0. The summed E-state index contributed by atoms with van der Waals surface area (Å²) in [7, 11) is 0. The van der Waals surface area contributed by atoms with Crippen molar-refractivity contribution in [2.75, 3.05) is 17.3 Å². The van der Waals surface area contributed by atoms with E-state index < -0.39 is 11.9 Å². The molecule has 142 valence electrons. The summed E-state index contributed by atoms with van der Waals surface area (Å²) in [4.78, 5) is 36.1.